The molecule has 0 radical (unpaired) electrons. The first-order chi connectivity index (χ1) is 8.95. The molecule has 0 fully saturated rings. The zero-order chi connectivity index (χ0) is 14.0. The number of aliphatic hydroxyl groups excluding tert-OH is 1. The molecular weight excluding hydrogens is 269 g/mol. The second-order valence-electron chi connectivity index (χ2n) is 4.60. The Morgan fingerprint density at radius 1 is 1.42 bits per heavy atom. The van der Waals surface area contributed by atoms with Gasteiger partial charge in [0.2, 0.25) is 10.0 Å². The molecule has 0 aliphatic carbocycles. The number of hydrogen-bond acceptors (Lipinski definition) is 3. The Hall–Kier alpha value is -1.24. The van der Waals surface area contributed by atoms with Gasteiger partial charge in [-0.25, -0.2) is 12.8 Å². The van der Waals surface area contributed by atoms with E-state index < -0.39 is 15.8 Å². The number of nitrogens with zero attached hydrogens (tertiary/aromatic N) is 1. The third-order valence-corrected chi connectivity index (χ3v) is 4.95. The minimum Gasteiger partial charge on any atom is -0.392 e. The maximum absolute atomic E-state index is 13.8. The highest BCUT2D eigenvalue weighted by Crippen LogP contribution is 2.23. The van der Waals surface area contributed by atoms with E-state index in [1.807, 2.05) is 13.0 Å². The molecule has 19 heavy (non-hydrogen) atoms. The molecule has 0 bridgehead atoms. The number of benzene rings is 1. The fourth-order valence-corrected chi connectivity index (χ4v) is 3.68. The van der Waals surface area contributed by atoms with Gasteiger partial charge in [0.25, 0.3) is 0 Å². The fourth-order valence-electron chi connectivity index (χ4n) is 2.06. The molecule has 0 atom stereocenters. The molecule has 1 aliphatic rings. The molecule has 0 saturated carbocycles. The summed E-state index contributed by atoms with van der Waals surface area (Å²) in [5.74, 6) is -0.788. The van der Waals surface area contributed by atoms with E-state index in [9.17, 15) is 12.8 Å². The summed E-state index contributed by atoms with van der Waals surface area (Å²) in [5, 5.41) is 9.03. The first-order valence-electron chi connectivity index (χ1n) is 6.00. The van der Waals surface area contributed by atoms with Gasteiger partial charge in [-0.15, -0.1) is 0 Å². The summed E-state index contributed by atoms with van der Waals surface area (Å²) in [6, 6.07) is 3.64. The number of rotatable bonds is 3. The maximum atomic E-state index is 13.8. The molecular formula is C13H16FNO3S. The summed E-state index contributed by atoms with van der Waals surface area (Å²) >= 11 is 0. The lowest BCUT2D eigenvalue weighted by atomic mass is 10.2. The Morgan fingerprint density at radius 2 is 2.16 bits per heavy atom. The van der Waals surface area contributed by atoms with E-state index in [0.29, 0.717) is 18.5 Å². The molecule has 104 valence electrons. The van der Waals surface area contributed by atoms with Crippen molar-refractivity contribution in [3.8, 4) is 0 Å². The van der Waals surface area contributed by atoms with Gasteiger partial charge in [-0.1, -0.05) is 17.7 Å². The molecule has 6 heteroatoms. The van der Waals surface area contributed by atoms with Gasteiger partial charge < -0.3 is 5.11 Å². The Bertz CT molecular complexity index is 610. The molecule has 1 N–H and O–H groups in total. The summed E-state index contributed by atoms with van der Waals surface area (Å²) < 4.78 is 39.8. The van der Waals surface area contributed by atoms with Crippen molar-refractivity contribution in [3.05, 3.63) is 41.2 Å². The Balaban J connectivity index is 2.42. The van der Waals surface area contributed by atoms with Crippen molar-refractivity contribution in [2.45, 2.75) is 24.8 Å². The van der Waals surface area contributed by atoms with Gasteiger partial charge in [0.15, 0.2) is 0 Å². The molecule has 1 heterocycles. The molecule has 0 unspecified atom stereocenters. The molecule has 0 spiro atoms. The van der Waals surface area contributed by atoms with Crippen LogP contribution in [0.2, 0.25) is 0 Å². The van der Waals surface area contributed by atoms with Crippen LogP contribution < -0.4 is 0 Å². The topological polar surface area (TPSA) is 57.6 Å². The van der Waals surface area contributed by atoms with Crippen LogP contribution in [0, 0.1) is 5.82 Å². The number of sulfonamides is 1. The van der Waals surface area contributed by atoms with E-state index in [2.05, 4.69) is 0 Å². The van der Waals surface area contributed by atoms with Crippen LogP contribution >= 0.6 is 0 Å². The second-order valence-corrected chi connectivity index (χ2v) is 6.51. The molecule has 1 aliphatic heterocycles. The van der Waals surface area contributed by atoms with Gasteiger partial charge >= 0.3 is 0 Å². The SMILES string of the molecule is CC1=CCCN(S(=O)(=O)c2cc(CO)ccc2F)C1. The summed E-state index contributed by atoms with van der Waals surface area (Å²) in [5.41, 5.74) is 1.33. The van der Waals surface area contributed by atoms with E-state index in [1.165, 1.54) is 16.4 Å². The highest BCUT2D eigenvalue weighted by Gasteiger charge is 2.28. The van der Waals surface area contributed by atoms with Crippen molar-refractivity contribution < 1.29 is 17.9 Å². The van der Waals surface area contributed by atoms with Crippen LogP contribution in [-0.2, 0) is 16.6 Å². The minimum absolute atomic E-state index is 0.283. The molecule has 0 amide bonds. The van der Waals surface area contributed by atoms with E-state index in [1.54, 1.807) is 0 Å². The van der Waals surface area contributed by atoms with Crippen LogP contribution in [0.25, 0.3) is 0 Å². The van der Waals surface area contributed by atoms with Crippen molar-refractivity contribution in [1.82, 2.24) is 4.31 Å². The van der Waals surface area contributed by atoms with Gasteiger partial charge in [-0.2, -0.15) is 4.31 Å². The van der Waals surface area contributed by atoms with Gasteiger partial charge in [-0.3, -0.25) is 0 Å². The predicted octanol–water partition coefficient (Wildman–Crippen LogP) is 1.66. The molecule has 1 aromatic carbocycles. The van der Waals surface area contributed by atoms with Crippen molar-refractivity contribution >= 4 is 10.0 Å². The third-order valence-electron chi connectivity index (χ3n) is 3.09. The summed E-state index contributed by atoms with van der Waals surface area (Å²) in [4.78, 5) is -0.367. The molecule has 2 rings (SSSR count). The van der Waals surface area contributed by atoms with Gasteiger partial charge in [0, 0.05) is 13.1 Å². The maximum Gasteiger partial charge on any atom is 0.246 e. The van der Waals surface area contributed by atoms with Gasteiger partial charge in [-0.05, 0) is 31.0 Å². The lowest BCUT2D eigenvalue weighted by molar-refractivity contribution is 0.281. The number of hydrogen-bond donors (Lipinski definition) is 1. The van der Waals surface area contributed by atoms with Crippen LogP contribution in [0.4, 0.5) is 4.39 Å². The smallest absolute Gasteiger partial charge is 0.246 e. The zero-order valence-electron chi connectivity index (χ0n) is 10.6. The van der Waals surface area contributed by atoms with Crippen LogP contribution in [0.5, 0.6) is 0 Å². The normalized spacial score (nSPS) is 17.3. The van der Waals surface area contributed by atoms with E-state index in [-0.39, 0.29) is 18.0 Å². The summed E-state index contributed by atoms with van der Waals surface area (Å²) in [6.07, 6.45) is 2.61. The lowest BCUT2D eigenvalue weighted by Crippen LogP contribution is -2.35. The quantitative estimate of drug-likeness (QED) is 0.859. The average Bonchev–Trinajstić information content (AvgIpc) is 2.39. The summed E-state index contributed by atoms with van der Waals surface area (Å²) in [7, 11) is -3.85. The van der Waals surface area contributed by atoms with E-state index >= 15 is 0 Å². The zero-order valence-corrected chi connectivity index (χ0v) is 11.5. The summed E-state index contributed by atoms with van der Waals surface area (Å²) in [6.45, 7) is 2.16. The molecule has 4 nitrogen and oxygen atoms in total. The van der Waals surface area contributed by atoms with Crippen molar-refractivity contribution in [1.29, 1.82) is 0 Å². The average molecular weight is 285 g/mol. The molecule has 1 aromatic rings. The van der Waals surface area contributed by atoms with Gasteiger partial charge in [0.1, 0.15) is 10.7 Å². The Morgan fingerprint density at radius 3 is 2.79 bits per heavy atom. The fraction of sp³-hybridized carbons (Fsp3) is 0.385. The third kappa shape index (κ3) is 2.86. The van der Waals surface area contributed by atoms with Crippen LogP contribution in [0.1, 0.15) is 18.9 Å². The van der Waals surface area contributed by atoms with Crippen molar-refractivity contribution in [2.75, 3.05) is 13.1 Å². The molecule has 0 saturated heterocycles. The van der Waals surface area contributed by atoms with Crippen molar-refractivity contribution in [2.24, 2.45) is 0 Å². The van der Waals surface area contributed by atoms with Crippen LogP contribution in [0.3, 0.4) is 0 Å². The second kappa shape index (κ2) is 5.40. The Kier molecular flexibility index (Phi) is 4.03. The molecule has 0 aromatic heterocycles. The highest BCUT2D eigenvalue weighted by atomic mass is 32.2. The largest absolute Gasteiger partial charge is 0.392 e. The van der Waals surface area contributed by atoms with Gasteiger partial charge in [0.05, 0.1) is 6.61 Å². The standard InChI is InChI=1S/C13H16FNO3S/c1-10-3-2-6-15(8-10)19(17,18)13-7-11(9-16)4-5-12(13)14/h3-5,7,16H,2,6,8-9H2,1H3. The first kappa shape index (κ1) is 14.2. The monoisotopic (exact) mass is 285 g/mol. The first-order valence-corrected chi connectivity index (χ1v) is 7.44. The predicted molar refractivity (Wildman–Crippen MR) is 69.5 cm³/mol. The number of aliphatic hydroxyl groups is 1. The Labute approximate surface area is 112 Å². The van der Waals surface area contributed by atoms with E-state index in [0.717, 1.165) is 11.6 Å². The number of halogens is 1. The minimum atomic E-state index is -3.85. The van der Waals surface area contributed by atoms with E-state index in [4.69, 9.17) is 5.11 Å². The van der Waals surface area contributed by atoms with Crippen LogP contribution in [-0.4, -0.2) is 30.9 Å². The van der Waals surface area contributed by atoms with Crippen molar-refractivity contribution in [3.63, 3.8) is 0 Å². The lowest BCUT2D eigenvalue weighted by Gasteiger charge is -2.25. The highest BCUT2D eigenvalue weighted by molar-refractivity contribution is 7.89. The van der Waals surface area contributed by atoms with Crippen LogP contribution in [0.15, 0.2) is 34.7 Å².